The highest BCUT2D eigenvalue weighted by Gasteiger charge is 2.28. The molecule has 17 heavy (non-hydrogen) atoms. The third kappa shape index (κ3) is 4.73. The summed E-state index contributed by atoms with van der Waals surface area (Å²) in [6, 6.07) is 0. The van der Waals surface area contributed by atoms with Crippen molar-refractivity contribution in [3.8, 4) is 0 Å². The minimum absolute atomic E-state index is 0.0672. The smallest absolute Gasteiger partial charge is 0.305 e. The first-order valence-electron chi connectivity index (χ1n) is 6.29. The molecule has 1 amide bonds. The lowest BCUT2D eigenvalue weighted by atomic mass is 9.97. The van der Waals surface area contributed by atoms with Gasteiger partial charge in [0.05, 0.1) is 12.5 Å². The van der Waals surface area contributed by atoms with E-state index in [-0.39, 0.29) is 17.8 Å². The van der Waals surface area contributed by atoms with E-state index in [1.165, 1.54) is 0 Å². The van der Waals surface area contributed by atoms with Crippen LogP contribution in [-0.2, 0) is 14.3 Å². The van der Waals surface area contributed by atoms with E-state index in [2.05, 4.69) is 17.6 Å². The van der Waals surface area contributed by atoms with Crippen LogP contribution in [-0.4, -0.2) is 38.1 Å². The third-order valence-corrected chi connectivity index (χ3v) is 3.02. The lowest BCUT2D eigenvalue weighted by Crippen LogP contribution is -2.35. The minimum Gasteiger partial charge on any atom is -0.466 e. The Kier molecular flexibility index (Phi) is 5.97. The molecule has 1 rings (SSSR count). The van der Waals surface area contributed by atoms with Gasteiger partial charge in [0.1, 0.15) is 0 Å². The van der Waals surface area contributed by atoms with Gasteiger partial charge in [-0.05, 0) is 25.8 Å². The average Bonchev–Trinajstić information content (AvgIpc) is 2.71. The fourth-order valence-electron chi connectivity index (χ4n) is 1.97. The van der Waals surface area contributed by atoms with Crippen LogP contribution in [0.2, 0.25) is 0 Å². The van der Waals surface area contributed by atoms with Crippen molar-refractivity contribution in [2.24, 2.45) is 11.8 Å². The van der Waals surface area contributed by atoms with Crippen LogP contribution >= 0.6 is 0 Å². The summed E-state index contributed by atoms with van der Waals surface area (Å²) in [5.41, 5.74) is 0. The molecule has 0 saturated carbocycles. The number of hydrogen-bond donors (Lipinski definition) is 2. The molecule has 1 aliphatic heterocycles. The monoisotopic (exact) mass is 242 g/mol. The molecule has 1 fully saturated rings. The molecule has 0 aromatic carbocycles. The fraction of sp³-hybridized carbons (Fsp3) is 0.833. The van der Waals surface area contributed by atoms with E-state index in [4.69, 9.17) is 4.74 Å². The lowest BCUT2D eigenvalue weighted by molar-refractivity contribution is -0.143. The summed E-state index contributed by atoms with van der Waals surface area (Å²) in [5, 5.41) is 6.06. The molecule has 2 N–H and O–H groups in total. The summed E-state index contributed by atoms with van der Waals surface area (Å²) in [4.78, 5) is 22.8. The number of rotatable bonds is 6. The zero-order valence-corrected chi connectivity index (χ0v) is 10.6. The Morgan fingerprint density at radius 3 is 2.76 bits per heavy atom. The largest absolute Gasteiger partial charge is 0.466 e. The number of carbonyl (C=O) groups excluding carboxylic acids is 2. The van der Waals surface area contributed by atoms with Crippen molar-refractivity contribution >= 4 is 11.9 Å². The van der Waals surface area contributed by atoms with Crippen LogP contribution in [0.1, 0.15) is 26.7 Å². The van der Waals surface area contributed by atoms with Gasteiger partial charge in [-0.15, -0.1) is 0 Å². The summed E-state index contributed by atoms with van der Waals surface area (Å²) >= 11 is 0. The maximum absolute atomic E-state index is 11.8. The van der Waals surface area contributed by atoms with Crippen LogP contribution in [0.25, 0.3) is 0 Å². The quantitative estimate of drug-likeness (QED) is 0.519. The third-order valence-electron chi connectivity index (χ3n) is 3.02. The Labute approximate surface area is 102 Å². The van der Waals surface area contributed by atoms with Crippen molar-refractivity contribution in [3.05, 3.63) is 0 Å². The van der Waals surface area contributed by atoms with Crippen LogP contribution < -0.4 is 10.6 Å². The molecule has 1 saturated heterocycles. The highest BCUT2D eigenvalue weighted by molar-refractivity contribution is 5.79. The predicted molar refractivity (Wildman–Crippen MR) is 64.4 cm³/mol. The number of esters is 1. The Hall–Kier alpha value is -1.10. The van der Waals surface area contributed by atoms with E-state index in [1.54, 1.807) is 6.92 Å². The second-order valence-electron chi connectivity index (χ2n) is 4.44. The molecule has 5 nitrogen and oxygen atoms in total. The fourth-order valence-corrected chi connectivity index (χ4v) is 1.97. The van der Waals surface area contributed by atoms with Gasteiger partial charge in [0, 0.05) is 19.5 Å². The predicted octanol–water partition coefficient (Wildman–Crippen LogP) is 0.301. The highest BCUT2D eigenvalue weighted by atomic mass is 16.5. The molecule has 2 atom stereocenters. The second-order valence-corrected chi connectivity index (χ2v) is 4.44. The van der Waals surface area contributed by atoms with Crippen LogP contribution in [0, 0.1) is 11.8 Å². The van der Waals surface area contributed by atoms with Gasteiger partial charge in [0.25, 0.3) is 0 Å². The Morgan fingerprint density at radius 1 is 1.41 bits per heavy atom. The van der Waals surface area contributed by atoms with E-state index in [1.807, 2.05) is 0 Å². The molecule has 98 valence electrons. The van der Waals surface area contributed by atoms with Gasteiger partial charge in [-0.3, -0.25) is 9.59 Å². The maximum Gasteiger partial charge on any atom is 0.305 e. The van der Waals surface area contributed by atoms with Crippen molar-refractivity contribution in [1.29, 1.82) is 0 Å². The summed E-state index contributed by atoms with van der Waals surface area (Å²) in [6.45, 7) is 6.47. The second kappa shape index (κ2) is 7.27. The molecule has 5 heteroatoms. The molecule has 1 aliphatic rings. The van der Waals surface area contributed by atoms with Crippen LogP contribution in [0.3, 0.4) is 0 Å². The Bertz CT molecular complexity index is 268. The zero-order valence-electron chi connectivity index (χ0n) is 10.6. The van der Waals surface area contributed by atoms with Gasteiger partial charge >= 0.3 is 5.97 Å². The number of nitrogens with one attached hydrogen (secondary N) is 2. The van der Waals surface area contributed by atoms with Gasteiger partial charge in [-0.1, -0.05) is 6.92 Å². The van der Waals surface area contributed by atoms with Crippen LogP contribution in [0.15, 0.2) is 0 Å². The van der Waals surface area contributed by atoms with Crippen molar-refractivity contribution in [2.75, 3.05) is 26.2 Å². The topological polar surface area (TPSA) is 67.4 Å². The molecule has 0 radical (unpaired) electrons. The minimum atomic E-state index is -0.197. The van der Waals surface area contributed by atoms with Crippen molar-refractivity contribution in [1.82, 2.24) is 10.6 Å². The summed E-state index contributed by atoms with van der Waals surface area (Å²) < 4.78 is 4.80. The molecule has 1 heterocycles. The van der Waals surface area contributed by atoms with E-state index < -0.39 is 0 Å². The van der Waals surface area contributed by atoms with Gasteiger partial charge in [-0.2, -0.15) is 0 Å². The average molecular weight is 242 g/mol. The van der Waals surface area contributed by atoms with E-state index >= 15 is 0 Å². The van der Waals surface area contributed by atoms with Crippen LogP contribution in [0.5, 0.6) is 0 Å². The molecule has 2 unspecified atom stereocenters. The number of amides is 1. The van der Waals surface area contributed by atoms with Crippen molar-refractivity contribution < 1.29 is 14.3 Å². The summed E-state index contributed by atoms with van der Waals surface area (Å²) in [7, 11) is 0. The zero-order chi connectivity index (χ0) is 12.7. The Morgan fingerprint density at radius 2 is 2.18 bits per heavy atom. The molecule has 0 aromatic rings. The summed E-state index contributed by atoms with van der Waals surface area (Å²) in [5.74, 6) is 0.349. The SMILES string of the molecule is CCOC(=O)CCCNC(=O)C1CNCC1C. The van der Waals surface area contributed by atoms with Gasteiger partial charge in [0.15, 0.2) is 0 Å². The van der Waals surface area contributed by atoms with Gasteiger partial charge in [0.2, 0.25) is 5.91 Å². The van der Waals surface area contributed by atoms with Crippen molar-refractivity contribution in [3.63, 3.8) is 0 Å². The maximum atomic E-state index is 11.8. The van der Waals surface area contributed by atoms with Gasteiger partial charge < -0.3 is 15.4 Å². The molecular formula is C12H22N2O3. The lowest BCUT2D eigenvalue weighted by Gasteiger charge is -2.13. The van der Waals surface area contributed by atoms with E-state index in [0.29, 0.717) is 31.9 Å². The number of ether oxygens (including phenoxy) is 1. The first kappa shape index (κ1) is 14.0. The van der Waals surface area contributed by atoms with E-state index in [9.17, 15) is 9.59 Å². The Balaban J connectivity index is 2.10. The first-order valence-corrected chi connectivity index (χ1v) is 6.29. The molecule has 0 aliphatic carbocycles. The normalized spacial score (nSPS) is 23.4. The summed E-state index contributed by atoms with van der Waals surface area (Å²) in [6.07, 6.45) is 1.01. The van der Waals surface area contributed by atoms with Gasteiger partial charge in [-0.25, -0.2) is 0 Å². The molecule has 0 aromatic heterocycles. The van der Waals surface area contributed by atoms with Crippen molar-refractivity contribution in [2.45, 2.75) is 26.7 Å². The molecule has 0 bridgehead atoms. The standard InChI is InChI=1S/C12H22N2O3/c1-3-17-11(15)5-4-6-14-12(16)10-8-13-7-9(10)2/h9-10,13H,3-8H2,1-2H3,(H,14,16). The van der Waals surface area contributed by atoms with Crippen LogP contribution in [0.4, 0.5) is 0 Å². The highest BCUT2D eigenvalue weighted by Crippen LogP contribution is 2.15. The number of hydrogen-bond acceptors (Lipinski definition) is 4. The van der Waals surface area contributed by atoms with E-state index in [0.717, 1.165) is 13.1 Å². The number of carbonyl (C=O) groups is 2. The molecular weight excluding hydrogens is 220 g/mol. The first-order chi connectivity index (χ1) is 8.15. The molecule has 0 spiro atoms.